The molecule has 0 aliphatic heterocycles. The summed E-state index contributed by atoms with van der Waals surface area (Å²) in [5, 5.41) is 16.4. The van der Waals surface area contributed by atoms with Crippen LogP contribution in [-0.4, -0.2) is 15.8 Å². The molecule has 0 radical (unpaired) electrons. The third-order valence-corrected chi connectivity index (χ3v) is 2.42. The summed E-state index contributed by atoms with van der Waals surface area (Å²) in [5.74, 6) is 3.38. The Morgan fingerprint density at radius 3 is 2.81 bits per heavy atom. The molecule has 0 aromatic carbocycles. The van der Waals surface area contributed by atoms with E-state index in [1.165, 1.54) is 0 Å². The van der Waals surface area contributed by atoms with Crippen LogP contribution >= 0.6 is 0 Å². The number of aromatic nitrogens is 2. The van der Waals surface area contributed by atoms with Crippen LogP contribution in [0.1, 0.15) is 31.0 Å². The minimum absolute atomic E-state index is 0.0492. The number of rotatable bonds is 4. The number of nitrogens with one attached hydrogen (secondary N) is 1. The maximum Gasteiger partial charge on any atom is 0.143 e. The number of nitrogens with zero attached hydrogens (tertiary/aromatic N) is 3. The zero-order valence-electron chi connectivity index (χ0n) is 9.91. The molecule has 84 valence electrons. The van der Waals surface area contributed by atoms with Crippen molar-refractivity contribution in [2.75, 3.05) is 5.32 Å². The van der Waals surface area contributed by atoms with Gasteiger partial charge in [0.1, 0.15) is 17.5 Å². The smallest absolute Gasteiger partial charge is 0.143 e. The van der Waals surface area contributed by atoms with Gasteiger partial charge in [0, 0.05) is 7.05 Å². The Balaban J connectivity index is 2.97. The van der Waals surface area contributed by atoms with Gasteiger partial charge in [-0.1, -0.05) is 19.3 Å². The van der Waals surface area contributed by atoms with Gasteiger partial charge in [-0.2, -0.15) is 10.4 Å². The Morgan fingerprint density at radius 1 is 1.62 bits per heavy atom. The van der Waals surface area contributed by atoms with Gasteiger partial charge < -0.3 is 5.32 Å². The van der Waals surface area contributed by atoms with Crippen molar-refractivity contribution in [1.82, 2.24) is 9.78 Å². The van der Waals surface area contributed by atoms with Crippen LogP contribution in [0.4, 0.5) is 5.82 Å². The van der Waals surface area contributed by atoms with Crippen LogP contribution in [0.25, 0.3) is 0 Å². The summed E-state index contributed by atoms with van der Waals surface area (Å²) in [5.41, 5.74) is 1.29. The van der Waals surface area contributed by atoms with Crippen molar-refractivity contribution in [1.29, 1.82) is 5.26 Å². The van der Waals surface area contributed by atoms with E-state index in [2.05, 4.69) is 29.3 Å². The van der Waals surface area contributed by atoms with Crippen LogP contribution in [0.5, 0.6) is 0 Å². The second-order valence-corrected chi connectivity index (χ2v) is 3.70. The molecule has 0 aliphatic rings. The Morgan fingerprint density at radius 2 is 2.31 bits per heavy atom. The third kappa shape index (κ3) is 2.35. The molecule has 4 nitrogen and oxygen atoms in total. The molecule has 1 aromatic heterocycles. The molecule has 0 saturated heterocycles. The lowest BCUT2D eigenvalue weighted by molar-refractivity contribution is 0.717. The lowest BCUT2D eigenvalue weighted by Crippen LogP contribution is -2.19. The molecule has 0 fully saturated rings. The Hall–Kier alpha value is -1.94. The fourth-order valence-electron chi connectivity index (χ4n) is 1.61. The Bertz CT molecular complexity index is 445. The molecule has 1 N–H and O–H groups in total. The van der Waals surface area contributed by atoms with E-state index in [0.29, 0.717) is 11.4 Å². The number of anilines is 1. The van der Waals surface area contributed by atoms with Crippen molar-refractivity contribution in [3.05, 3.63) is 11.3 Å². The summed E-state index contributed by atoms with van der Waals surface area (Å²) in [7, 11) is 1.80. The van der Waals surface area contributed by atoms with Crippen LogP contribution in [-0.2, 0) is 7.05 Å². The summed E-state index contributed by atoms with van der Waals surface area (Å²) >= 11 is 0. The van der Waals surface area contributed by atoms with Crippen LogP contribution < -0.4 is 5.32 Å². The number of nitriles is 1. The maximum atomic E-state index is 9.03. The first kappa shape index (κ1) is 12.1. The molecular weight excluding hydrogens is 200 g/mol. The lowest BCUT2D eigenvalue weighted by Gasteiger charge is -2.13. The number of hydrogen-bond donors (Lipinski definition) is 1. The summed E-state index contributed by atoms with van der Waals surface area (Å²) in [6, 6.07) is 2.09. The molecule has 1 rings (SSSR count). The van der Waals surface area contributed by atoms with E-state index in [-0.39, 0.29) is 6.04 Å². The molecular formula is C12H16N4. The van der Waals surface area contributed by atoms with E-state index >= 15 is 0 Å². The normalized spacial score (nSPS) is 11.6. The molecule has 0 aliphatic carbocycles. The highest BCUT2D eigenvalue weighted by atomic mass is 15.3. The van der Waals surface area contributed by atoms with Crippen molar-refractivity contribution >= 4 is 5.82 Å². The lowest BCUT2D eigenvalue weighted by atomic mass is 10.1. The van der Waals surface area contributed by atoms with Crippen LogP contribution in [0.3, 0.4) is 0 Å². The van der Waals surface area contributed by atoms with Crippen molar-refractivity contribution in [3.8, 4) is 18.4 Å². The molecule has 1 aromatic rings. The first-order chi connectivity index (χ1) is 7.63. The molecule has 4 heteroatoms. The van der Waals surface area contributed by atoms with Crippen LogP contribution in [0, 0.1) is 30.6 Å². The van der Waals surface area contributed by atoms with Gasteiger partial charge >= 0.3 is 0 Å². The number of aryl methyl sites for hydroxylation is 2. The predicted molar refractivity (Wildman–Crippen MR) is 63.8 cm³/mol. The van der Waals surface area contributed by atoms with Crippen molar-refractivity contribution in [3.63, 3.8) is 0 Å². The van der Waals surface area contributed by atoms with Gasteiger partial charge in [-0.25, -0.2) is 0 Å². The van der Waals surface area contributed by atoms with Gasteiger partial charge in [-0.05, 0) is 13.3 Å². The molecule has 0 bridgehead atoms. The minimum atomic E-state index is -0.0492. The quantitative estimate of drug-likeness (QED) is 0.781. The average molecular weight is 216 g/mol. The number of terminal acetylenes is 1. The van der Waals surface area contributed by atoms with E-state index in [9.17, 15) is 0 Å². The van der Waals surface area contributed by atoms with E-state index in [0.717, 1.165) is 18.5 Å². The molecule has 1 atom stereocenters. The zero-order valence-corrected chi connectivity index (χ0v) is 9.91. The fraction of sp³-hybridized carbons (Fsp3) is 0.500. The van der Waals surface area contributed by atoms with Crippen LogP contribution in [0.2, 0.25) is 0 Å². The van der Waals surface area contributed by atoms with E-state index in [1.54, 1.807) is 11.7 Å². The summed E-state index contributed by atoms with van der Waals surface area (Å²) in [6.07, 6.45) is 7.31. The van der Waals surface area contributed by atoms with Gasteiger partial charge in [-0.3, -0.25) is 4.68 Å². The van der Waals surface area contributed by atoms with Crippen molar-refractivity contribution < 1.29 is 0 Å². The monoisotopic (exact) mass is 216 g/mol. The summed E-state index contributed by atoms with van der Waals surface area (Å²) in [4.78, 5) is 0. The Labute approximate surface area is 96.3 Å². The summed E-state index contributed by atoms with van der Waals surface area (Å²) < 4.78 is 1.66. The SMILES string of the molecule is C#CC(CCC)Nc1c(C#N)c(C)nn1C. The van der Waals surface area contributed by atoms with Gasteiger partial charge in [0.25, 0.3) is 0 Å². The van der Waals surface area contributed by atoms with E-state index < -0.39 is 0 Å². The highest BCUT2D eigenvalue weighted by molar-refractivity contribution is 5.56. The van der Waals surface area contributed by atoms with E-state index in [1.807, 2.05) is 6.92 Å². The second-order valence-electron chi connectivity index (χ2n) is 3.70. The molecule has 16 heavy (non-hydrogen) atoms. The van der Waals surface area contributed by atoms with Crippen molar-refractivity contribution in [2.24, 2.45) is 7.05 Å². The molecule has 0 saturated carbocycles. The maximum absolute atomic E-state index is 9.03. The zero-order chi connectivity index (χ0) is 12.1. The molecule has 0 amide bonds. The van der Waals surface area contributed by atoms with Gasteiger partial charge in [0.2, 0.25) is 0 Å². The number of hydrogen-bond acceptors (Lipinski definition) is 3. The topological polar surface area (TPSA) is 53.6 Å². The standard InChI is InChI=1S/C12H16N4/c1-5-7-10(6-2)14-12-11(8-13)9(3)15-16(12)4/h2,10,14H,5,7H2,1,3-4H3. The predicted octanol–water partition coefficient (Wildman–Crippen LogP) is 1.81. The Kier molecular flexibility index (Phi) is 3.96. The largest absolute Gasteiger partial charge is 0.356 e. The van der Waals surface area contributed by atoms with Gasteiger partial charge in [0.05, 0.1) is 11.7 Å². The van der Waals surface area contributed by atoms with E-state index in [4.69, 9.17) is 11.7 Å². The summed E-state index contributed by atoms with van der Waals surface area (Å²) in [6.45, 7) is 3.89. The van der Waals surface area contributed by atoms with Crippen molar-refractivity contribution in [2.45, 2.75) is 32.7 Å². The third-order valence-electron chi connectivity index (χ3n) is 2.42. The minimum Gasteiger partial charge on any atom is -0.356 e. The highest BCUT2D eigenvalue weighted by Crippen LogP contribution is 2.18. The highest BCUT2D eigenvalue weighted by Gasteiger charge is 2.15. The first-order valence-corrected chi connectivity index (χ1v) is 5.30. The van der Waals surface area contributed by atoms with Crippen LogP contribution in [0.15, 0.2) is 0 Å². The fourth-order valence-corrected chi connectivity index (χ4v) is 1.61. The average Bonchev–Trinajstić information content (AvgIpc) is 2.52. The molecule has 1 heterocycles. The van der Waals surface area contributed by atoms with Gasteiger partial charge in [0.15, 0.2) is 0 Å². The molecule has 0 spiro atoms. The first-order valence-electron chi connectivity index (χ1n) is 5.30. The molecule has 1 unspecified atom stereocenters. The van der Waals surface area contributed by atoms with Gasteiger partial charge in [-0.15, -0.1) is 6.42 Å². The second kappa shape index (κ2) is 5.23.